The van der Waals surface area contributed by atoms with E-state index in [-0.39, 0.29) is 12.1 Å². The summed E-state index contributed by atoms with van der Waals surface area (Å²) in [4.78, 5) is 14.0. The number of fused-ring (bicyclic) bond motifs is 3. The first-order valence-electron chi connectivity index (χ1n) is 7.18. The monoisotopic (exact) mass is 254 g/mol. The highest BCUT2D eigenvalue weighted by Crippen LogP contribution is 2.34. The number of carbonyl (C=O) groups is 1. The van der Waals surface area contributed by atoms with Crippen LogP contribution in [0.1, 0.15) is 39.5 Å². The number of nitrogens with zero attached hydrogens (tertiary/aromatic N) is 1. The Morgan fingerprint density at radius 2 is 2.00 bits per heavy atom. The molecule has 2 bridgehead atoms. The van der Waals surface area contributed by atoms with Crippen molar-refractivity contribution in [1.29, 1.82) is 0 Å². The minimum absolute atomic E-state index is 0.191. The summed E-state index contributed by atoms with van der Waals surface area (Å²) in [7, 11) is 1.43. The van der Waals surface area contributed by atoms with Crippen LogP contribution < -0.4 is 5.32 Å². The first kappa shape index (κ1) is 13.7. The first-order valence-corrected chi connectivity index (χ1v) is 7.18. The Labute approximate surface area is 110 Å². The minimum Gasteiger partial charge on any atom is -0.453 e. The number of hydrogen-bond donors (Lipinski definition) is 1. The van der Waals surface area contributed by atoms with Crippen LogP contribution in [0, 0.1) is 11.8 Å². The normalized spacial score (nSPS) is 29.3. The van der Waals surface area contributed by atoms with Crippen molar-refractivity contribution in [1.82, 2.24) is 10.2 Å². The summed E-state index contributed by atoms with van der Waals surface area (Å²) in [6, 6.07) is 0.937. The van der Waals surface area contributed by atoms with E-state index in [9.17, 15) is 4.79 Å². The van der Waals surface area contributed by atoms with Crippen LogP contribution in [0.5, 0.6) is 0 Å². The van der Waals surface area contributed by atoms with Gasteiger partial charge >= 0.3 is 6.09 Å². The van der Waals surface area contributed by atoms with Crippen molar-refractivity contribution < 1.29 is 9.53 Å². The lowest BCUT2D eigenvalue weighted by molar-refractivity contribution is 0.0364. The number of piperidine rings is 2. The Morgan fingerprint density at radius 3 is 2.44 bits per heavy atom. The van der Waals surface area contributed by atoms with Crippen molar-refractivity contribution in [2.75, 3.05) is 20.2 Å². The minimum atomic E-state index is -0.309. The third kappa shape index (κ3) is 3.16. The topological polar surface area (TPSA) is 41.6 Å². The molecule has 3 fully saturated rings. The van der Waals surface area contributed by atoms with Gasteiger partial charge in [0.15, 0.2) is 0 Å². The zero-order valence-electron chi connectivity index (χ0n) is 11.8. The summed E-state index contributed by atoms with van der Waals surface area (Å²) in [6.45, 7) is 6.50. The largest absolute Gasteiger partial charge is 0.453 e. The van der Waals surface area contributed by atoms with Crippen molar-refractivity contribution in [3.63, 3.8) is 0 Å². The van der Waals surface area contributed by atoms with Gasteiger partial charge in [0.05, 0.1) is 7.11 Å². The molecule has 2 saturated heterocycles. The van der Waals surface area contributed by atoms with E-state index in [1.54, 1.807) is 0 Å². The molecule has 1 saturated carbocycles. The second-order valence-electron chi connectivity index (χ2n) is 6.11. The molecule has 1 unspecified atom stereocenters. The van der Waals surface area contributed by atoms with Gasteiger partial charge in [0, 0.05) is 25.2 Å². The molecular weight excluding hydrogens is 228 g/mol. The van der Waals surface area contributed by atoms with Crippen LogP contribution >= 0.6 is 0 Å². The molecule has 3 rings (SSSR count). The fourth-order valence-electron chi connectivity index (χ4n) is 3.28. The van der Waals surface area contributed by atoms with Crippen LogP contribution in [-0.2, 0) is 4.74 Å². The van der Waals surface area contributed by atoms with E-state index < -0.39 is 0 Å². The fraction of sp³-hybridized carbons (Fsp3) is 0.929. The number of alkyl carbamates (subject to hydrolysis) is 1. The van der Waals surface area contributed by atoms with E-state index in [1.807, 2.05) is 0 Å². The predicted octanol–water partition coefficient (Wildman–Crippen LogP) is 2.24. The Bertz CT molecular complexity index is 286. The lowest BCUT2D eigenvalue weighted by Gasteiger charge is -2.46. The molecule has 1 N–H and O–H groups in total. The van der Waals surface area contributed by atoms with Crippen LogP contribution in [-0.4, -0.2) is 43.3 Å². The van der Waals surface area contributed by atoms with Crippen LogP contribution in [0.4, 0.5) is 4.79 Å². The van der Waals surface area contributed by atoms with Crippen LogP contribution in [0.3, 0.4) is 0 Å². The standard InChI is InChI=1S/C14H26N2O2/c1-10(2)13(15-14(17)18-3)9-16-8-11-4-6-12(16)7-5-11/h10-13H,4-9H2,1-3H3,(H,15,17). The zero-order chi connectivity index (χ0) is 13.1. The third-order valence-electron chi connectivity index (χ3n) is 4.55. The maximum Gasteiger partial charge on any atom is 0.407 e. The maximum absolute atomic E-state index is 11.4. The summed E-state index contributed by atoms with van der Waals surface area (Å²) in [5.41, 5.74) is 0. The highest BCUT2D eigenvalue weighted by Gasteiger charge is 2.35. The van der Waals surface area contributed by atoms with Gasteiger partial charge in [-0.2, -0.15) is 0 Å². The number of carbonyl (C=O) groups excluding carboxylic acids is 1. The average Bonchev–Trinajstić information content (AvgIpc) is 2.39. The molecule has 1 aliphatic carbocycles. The van der Waals surface area contributed by atoms with Crippen molar-refractivity contribution in [3.8, 4) is 0 Å². The van der Waals surface area contributed by atoms with Crippen molar-refractivity contribution in [2.45, 2.75) is 51.6 Å². The molecule has 3 aliphatic rings. The SMILES string of the molecule is COC(=O)NC(CN1CC2CCC1CC2)C(C)C. The van der Waals surface area contributed by atoms with Gasteiger partial charge in [0.2, 0.25) is 0 Å². The molecule has 4 heteroatoms. The fourth-order valence-corrected chi connectivity index (χ4v) is 3.28. The molecule has 0 aromatic carbocycles. The number of ether oxygens (including phenoxy) is 1. The molecule has 104 valence electrons. The number of amides is 1. The predicted molar refractivity (Wildman–Crippen MR) is 71.5 cm³/mol. The summed E-state index contributed by atoms with van der Waals surface area (Å²) in [6.07, 6.45) is 5.17. The molecule has 18 heavy (non-hydrogen) atoms. The van der Waals surface area contributed by atoms with Gasteiger partial charge in [-0.1, -0.05) is 13.8 Å². The lowest BCUT2D eigenvalue weighted by Crippen LogP contribution is -2.54. The highest BCUT2D eigenvalue weighted by atomic mass is 16.5. The molecule has 0 radical (unpaired) electrons. The summed E-state index contributed by atoms with van der Waals surface area (Å²) in [5.74, 6) is 1.32. The van der Waals surface area contributed by atoms with Gasteiger partial charge in [-0.15, -0.1) is 0 Å². The van der Waals surface area contributed by atoms with E-state index in [4.69, 9.17) is 4.74 Å². The van der Waals surface area contributed by atoms with Crippen LogP contribution in [0.25, 0.3) is 0 Å². The Balaban J connectivity index is 1.90. The van der Waals surface area contributed by atoms with Crippen molar-refractivity contribution in [2.24, 2.45) is 11.8 Å². The number of hydrogen-bond acceptors (Lipinski definition) is 3. The van der Waals surface area contributed by atoms with E-state index in [0.29, 0.717) is 5.92 Å². The Kier molecular flexibility index (Phi) is 4.49. The van der Waals surface area contributed by atoms with Gasteiger partial charge in [0.1, 0.15) is 0 Å². The second-order valence-corrected chi connectivity index (χ2v) is 6.11. The summed E-state index contributed by atoms with van der Waals surface area (Å²) >= 11 is 0. The highest BCUT2D eigenvalue weighted by molar-refractivity contribution is 5.67. The first-order chi connectivity index (χ1) is 8.60. The quantitative estimate of drug-likeness (QED) is 0.836. The van der Waals surface area contributed by atoms with Gasteiger partial charge in [-0.25, -0.2) is 4.79 Å². The molecule has 2 aliphatic heterocycles. The summed E-state index contributed by atoms with van der Waals surface area (Å²) < 4.78 is 4.71. The molecule has 0 aromatic rings. The third-order valence-corrected chi connectivity index (χ3v) is 4.55. The molecular formula is C14H26N2O2. The summed E-state index contributed by atoms with van der Waals surface area (Å²) in [5, 5.41) is 2.97. The van der Waals surface area contributed by atoms with Crippen LogP contribution in [0.15, 0.2) is 0 Å². The molecule has 1 amide bonds. The van der Waals surface area contributed by atoms with Gasteiger partial charge < -0.3 is 10.1 Å². The van der Waals surface area contributed by atoms with Gasteiger partial charge in [-0.05, 0) is 37.5 Å². The van der Waals surface area contributed by atoms with E-state index in [1.165, 1.54) is 39.3 Å². The van der Waals surface area contributed by atoms with Crippen molar-refractivity contribution in [3.05, 3.63) is 0 Å². The van der Waals surface area contributed by atoms with Crippen LogP contribution in [0.2, 0.25) is 0 Å². The van der Waals surface area contributed by atoms with E-state index >= 15 is 0 Å². The number of rotatable bonds is 4. The van der Waals surface area contributed by atoms with Crippen molar-refractivity contribution >= 4 is 6.09 Å². The average molecular weight is 254 g/mol. The Morgan fingerprint density at radius 1 is 1.33 bits per heavy atom. The maximum atomic E-state index is 11.4. The van der Waals surface area contributed by atoms with Gasteiger partial charge in [0.25, 0.3) is 0 Å². The zero-order valence-corrected chi connectivity index (χ0v) is 11.8. The number of nitrogens with one attached hydrogen (secondary N) is 1. The van der Waals surface area contributed by atoms with E-state index in [2.05, 4.69) is 24.1 Å². The molecule has 4 nitrogen and oxygen atoms in total. The second kappa shape index (κ2) is 5.91. The van der Waals surface area contributed by atoms with E-state index in [0.717, 1.165) is 18.5 Å². The molecule has 2 heterocycles. The number of methoxy groups -OCH3 is 1. The molecule has 1 atom stereocenters. The lowest BCUT2D eigenvalue weighted by atomic mass is 9.79. The smallest absolute Gasteiger partial charge is 0.407 e. The molecule has 0 aromatic heterocycles. The molecule has 0 spiro atoms. The Hall–Kier alpha value is -0.770. The van der Waals surface area contributed by atoms with Gasteiger partial charge in [-0.3, -0.25) is 4.90 Å².